The second-order valence-electron chi connectivity index (χ2n) is 4.87. The number of aliphatic hydroxyl groups excluding tert-OH is 1. The van der Waals surface area contributed by atoms with E-state index in [1.807, 2.05) is 0 Å². The number of nitrogens with two attached hydrogens (primary N) is 1. The predicted molar refractivity (Wildman–Crippen MR) is 78.6 cm³/mol. The molecule has 1 saturated heterocycles. The third-order valence-electron chi connectivity index (χ3n) is 3.51. The van der Waals surface area contributed by atoms with Crippen LogP contribution in [0.2, 0.25) is 0 Å². The average molecular weight is 335 g/mol. The van der Waals surface area contributed by atoms with Crippen LogP contribution in [0.25, 0.3) is 0 Å². The van der Waals surface area contributed by atoms with E-state index < -0.39 is 26.7 Å². The molecular weight excluding hydrogens is 318 g/mol. The van der Waals surface area contributed by atoms with Crippen LogP contribution in [0.1, 0.15) is 25.7 Å². The Labute approximate surface area is 126 Å². The summed E-state index contributed by atoms with van der Waals surface area (Å²) in [6.45, 7) is 0.0430. The number of aliphatic hydroxyl groups is 1. The molecule has 0 radical (unpaired) electrons. The first-order chi connectivity index (χ1) is 9.87. The van der Waals surface area contributed by atoms with Gasteiger partial charge in [0.25, 0.3) is 10.0 Å². The lowest BCUT2D eigenvalue weighted by molar-refractivity contribution is -0.383. The van der Waals surface area contributed by atoms with Crippen LogP contribution >= 0.6 is 11.3 Å². The quantitative estimate of drug-likeness (QED) is 0.628. The Bertz CT molecular complexity index is 628. The number of nitrogens with zero attached hydrogens (tertiary/aromatic N) is 2. The van der Waals surface area contributed by atoms with Gasteiger partial charge >= 0.3 is 5.69 Å². The first-order valence-electron chi connectivity index (χ1n) is 6.54. The van der Waals surface area contributed by atoms with E-state index in [-0.39, 0.29) is 15.8 Å². The van der Waals surface area contributed by atoms with Crippen molar-refractivity contribution in [3.05, 3.63) is 16.2 Å². The molecule has 2 rings (SSSR count). The van der Waals surface area contributed by atoms with E-state index in [1.54, 1.807) is 0 Å². The molecule has 1 aromatic heterocycles. The fraction of sp³-hybridized carbons (Fsp3) is 0.636. The lowest BCUT2D eigenvalue weighted by Crippen LogP contribution is -2.41. The van der Waals surface area contributed by atoms with Crippen molar-refractivity contribution in [2.24, 2.45) is 0 Å². The van der Waals surface area contributed by atoms with Crippen LogP contribution in [0, 0.1) is 10.1 Å². The Hall–Kier alpha value is -1.23. The number of rotatable bonds is 4. The minimum Gasteiger partial charge on any atom is -0.395 e. The van der Waals surface area contributed by atoms with Crippen LogP contribution in [-0.4, -0.2) is 41.9 Å². The molecule has 0 bridgehead atoms. The van der Waals surface area contributed by atoms with Gasteiger partial charge in [0, 0.05) is 18.7 Å². The first-order valence-corrected chi connectivity index (χ1v) is 8.80. The minimum atomic E-state index is -3.87. The maximum atomic E-state index is 12.6. The van der Waals surface area contributed by atoms with Crippen molar-refractivity contribution in [1.29, 1.82) is 0 Å². The molecule has 21 heavy (non-hydrogen) atoms. The highest BCUT2D eigenvalue weighted by Crippen LogP contribution is 2.37. The number of nitrogen functional groups attached to an aromatic ring is 1. The summed E-state index contributed by atoms with van der Waals surface area (Å²) in [5.41, 5.74) is 5.12. The zero-order valence-corrected chi connectivity index (χ0v) is 12.9. The Morgan fingerprint density at radius 1 is 1.48 bits per heavy atom. The molecule has 0 aromatic carbocycles. The Morgan fingerprint density at radius 2 is 2.19 bits per heavy atom. The first kappa shape index (κ1) is 16.1. The van der Waals surface area contributed by atoms with Crippen molar-refractivity contribution in [3.8, 4) is 0 Å². The summed E-state index contributed by atoms with van der Waals surface area (Å²) in [6.07, 6.45) is 3.04. The second kappa shape index (κ2) is 6.26. The van der Waals surface area contributed by atoms with Gasteiger partial charge in [-0.25, -0.2) is 8.42 Å². The monoisotopic (exact) mass is 335 g/mol. The van der Waals surface area contributed by atoms with Crippen molar-refractivity contribution >= 4 is 32.0 Å². The fourth-order valence-corrected chi connectivity index (χ4v) is 5.44. The van der Waals surface area contributed by atoms with Gasteiger partial charge in [0.2, 0.25) is 0 Å². The van der Waals surface area contributed by atoms with E-state index in [1.165, 1.54) is 4.31 Å². The van der Waals surface area contributed by atoms with Gasteiger partial charge in [0.15, 0.2) is 5.00 Å². The summed E-state index contributed by atoms with van der Waals surface area (Å²) >= 11 is 0.687. The van der Waals surface area contributed by atoms with E-state index in [4.69, 9.17) is 5.73 Å². The standard InChI is InChI=1S/C11H17N3O5S2/c12-11-9(14(16)17)6-10(20-11)21(18,19)13-5-3-1-2-4-8(13)7-15/h6,8,15H,1-5,7,12H2. The fourth-order valence-electron chi connectivity index (χ4n) is 2.41. The summed E-state index contributed by atoms with van der Waals surface area (Å²) in [5.74, 6) is 0. The summed E-state index contributed by atoms with van der Waals surface area (Å²) in [7, 11) is -3.87. The Kier molecular flexibility index (Phi) is 4.81. The molecule has 1 fully saturated rings. The number of sulfonamides is 1. The molecule has 0 amide bonds. The lowest BCUT2D eigenvalue weighted by atomic mass is 10.1. The summed E-state index contributed by atoms with van der Waals surface area (Å²) in [4.78, 5) is 10.1. The van der Waals surface area contributed by atoms with Gasteiger partial charge in [-0.15, -0.1) is 0 Å². The Morgan fingerprint density at radius 3 is 2.76 bits per heavy atom. The van der Waals surface area contributed by atoms with Crippen LogP contribution in [0.3, 0.4) is 0 Å². The summed E-state index contributed by atoms with van der Waals surface area (Å²) < 4.78 is 26.4. The van der Waals surface area contributed by atoms with Gasteiger partial charge < -0.3 is 10.8 Å². The smallest absolute Gasteiger partial charge is 0.304 e. The van der Waals surface area contributed by atoms with Gasteiger partial charge in [-0.05, 0) is 12.8 Å². The zero-order valence-electron chi connectivity index (χ0n) is 11.3. The molecule has 118 valence electrons. The largest absolute Gasteiger partial charge is 0.395 e. The third kappa shape index (κ3) is 3.18. The van der Waals surface area contributed by atoms with Crippen LogP contribution < -0.4 is 5.73 Å². The number of anilines is 1. The molecule has 10 heteroatoms. The highest BCUT2D eigenvalue weighted by Gasteiger charge is 2.35. The van der Waals surface area contributed by atoms with Crippen LogP contribution in [-0.2, 0) is 10.0 Å². The number of hydrogen-bond donors (Lipinski definition) is 2. The van der Waals surface area contributed by atoms with Crippen LogP contribution in [0.5, 0.6) is 0 Å². The maximum Gasteiger partial charge on any atom is 0.304 e. The van der Waals surface area contributed by atoms with Crippen molar-refractivity contribution < 1.29 is 18.4 Å². The SMILES string of the molecule is Nc1sc(S(=O)(=O)N2CCCCCC2CO)cc1[N+](=O)[O-]. The molecule has 1 aromatic rings. The van der Waals surface area contributed by atoms with E-state index in [2.05, 4.69) is 0 Å². The van der Waals surface area contributed by atoms with Gasteiger partial charge in [-0.3, -0.25) is 10.1 Å². The highest BCUT2D eigenvalue weighted by atomic mass is 32.2. The molecule has 1 atom stereocenters. The highest BCUT2D eigenvalue weighted by molar-refractivity contribution is 7.91. The van der Waals surface area contributed by atoms with Crippen molar-refractivity contribution in [1.82, 2.24) is 4.31 Å². The normalized spacial score (nSPS) is 21.1. The van der Waals surface area contributed by atoms with Crippen LogP contribution in [0.15, 0.2) is 10.3 Å². The molecule has 1 aliphatic rings. The number of thiophene rings is 1. The van der Waals surface area contributed by atoms with E-state index in [0.717, 1.165) is 18.9 Å². The minimum absolute atomic E-state index is 0.131. The molecule has 0 aliphatic carbocycles. The topological polar surface area (TPSA) is 127 Å². The maximum absolute atomic E-state index is 12.6. The molecule has 2 heterocycles. The average Bonchev–Trinajstić information content (AvgIpc) is 2.68. The van der Waals surface area contributed by atoms with Gasteiger partial charge in [-0.2, -0.15) is 4.31 Å². The second-order valence-corrected chi connectivity index (χ2v) is 8.07. The van der Waals surface area contributed by atoms with Crippen molar-refractivity contribution in [3.63, 3.8) is 0 Å². The van der Waals surface area contributed by atoms with E-state index >= 15 is 0 Å². The number of hydrogen-bond acceptors (Lipinski definition) is 7. The summed E-state index contributed by atoms with van der Waals surface area (Å²) in [5, 5.41) is 20.1. The van der Waals surface area contributed by atoms with Crippen molar-refractivity contribution in [2.75, 3.05) is 18.9 Å². The van der Waals surface area contributed by atoms with Gasteiger partial charge in [-0.1, -0.05) is 24.2 Å². The predicted octanol–water partition coefficient (Wildman–Crippen LogP) is 1.16. The van der Waals surface area contributed by atoms with Gasteiger partial charge in [0.05, 0.1) is 11.5 Å². The molecule has 8 nitrogen and oxygen atoms in total. The van der Waals surface area contributed by atoms with Crippen LogP contribution in [0.4, 0.5) is 10.7 Å². The summed E-state index contributed by atoms with van der Waals surface area (Å²) in [6, 6.07) is 0.508. The Balaban J connectivity index is 2.40. The zero-order chi connectivity index (χ0) is 15.6. The molecule has 0 spiro atoms. The van der Waals surface area contributed by atoms with Crippen molar-refractivity contribution in [2.45, 2.75) is 35.9 Å². The molecule has 1 unspecified atom stereocenters. The number of nitro groups is 1. The molecule has 3 N–H and O–H groups in total. The molecular formula is C11H17N3O5S2. The van der Waals surface area contributed by atoms with E-state index in [0.29, 0.717) is 30.7 Å². The van der Waals surface area contributed by atoms with Gasteiger partial charge in [0.1, 0.15) is 4.21 Å². The molecule has 1 aliphatic heterocycles. The molecule has 0 saturated carbocycles. The van der Waals surface area contributed by atoms with E-state index in [9.17, 15) is 23.6 Å². The lowest BCUT2D eigenvalue weighted by Gasteiger charge is -2.26. The third-order valence-corrected chi connectivity index (χ3v) is 6.87.